The summed E-state index contributed by atoms with van der Waals surface area (Å²) in [6.07, 6.45) is 1.48. The summed E-state index contributed by atoms with van der Waals surface area (Å²) in [5.74, 6) is 0.184. The molecule has 1 amide bonds. The van der Waals surface area contributed by atoms with Gasteiger partial charge in [-0.1, -0.05) is 6.07 Å². The number of nitrogens with zero attached hydrogens (tertiary/aromatic N) is 2. The lowest BCUT2D eigenvalue weighted by Gasteiger charge is -2.34. The van der Waals surface area contributed by atoms with E-state index in [4.69, 9.17) is 14.2 Å². The maximum absolute atomic E-state index is 13.1. The van der Waals surface area contributed by atoms with E-state index >= 15 is 0 Å². The van der Waals surface area contributed by atoms with Crippen molar-refractivity contribution in [3.05, 3.63) is 29.3 Å². The molecule has 0 spiro atoms. The van der Waals surface area contributed by atoms with Gasteiger partial charge in [0.25, 0.3) is 5.91 Å². The van der Waals surface area contributed by atoms with E-state index in [0.717, 1.165) is 18.4 Å². The zero-order valence-corrected chi connectivity index (χ0v) is 17.5. The Morgan fingerprint density at radius 1 is 1.00 bits per heavy atom. The van der Waals surface area contributed by atoms with Crippen LogP contribution in [-0.4, -0.2) is 82.4 Å². The fourth-order valence-electron chi connectivity index (χ4n) is 4.12. The minimum atomic E-state index is -3.64. The predicted molar refractivity (Wildman–Crippen MR) is 105 cm³/mol. The lowest BCUT2D eigenvalue weighted by Crippen LogP contribution is -2.42. The Labute approximate surface area is 171 Å². The maximum atomic E-state index is 13.1. The molecule has 0 atom stereocenters. The molecule has 3 aliphatic heterocycles. The van der Waals surface area contributed by atoms with Crippen molar-refractivity contribution in [2.24, 2.45) is 5.92 Å². The number of likely N-dealkylation sites (tertiary alicyclic amines) is 1. The number of amides is 1. The molecule has 8 nitrogen and oxygen atoms in total. The highest BCUT2D eigenvalue weighted by Gasteiger charge is 2.33. The third kappa shape index (κ3) is 4.34. The molecule has 0 aromatic heterocycles. The van der Waals surface area contributed by atoms with Crippen LogP contribution >= 0.6 is 0 Å². The summed E-state index contributed by atoms with van der Waals surface area (Å²) in [6.45, 7) is 5.78. The van der Waals surface area contributed by atoms with Gasteiger partial charge in [0, 0.05) is 37.7 Å². The van der Waals surface area contributed by atoms with Crippen molar-refractivity contribution in [3.63, 3.8) is 0 Å². The van der Waals surface area contributed by atoms with Crippen LogP contribution in [0.25, 0.3) is 0 Å². The van der Waals surface area contributed by atoms with E-state index in [2.05, 4.69) is 0 Å². The van der Waals surface area contributed by atoms with Crippen LogP contribution in [0.5, 0.6) is 0 Å². The van der Waals surface area contributed by atoms with Crippen LogP contribution in [0.4, 0.5) is 0 Å². The molecule has 3 heterocycles. The fraction of sp³-hybridized carbons (Fsp3) is 0.650. The summed E-state index contributed by atoms with van der Waals surface area (Å²) in [5, 5.41) is 0. The van der Waals surface area contributed by atoms with Crippen molar-refractivity contribution in [3.8, 4) is 0 Å². The zero-order valence-electron chi connectivity index (χ0n) is 16.7. The van der Waals surface area contributed by atoms with E-state index in [-0.39, 0.29) is 17.1 Å². The highest BCUT2D eigenvalue weighted by atomic mass is 32.2. The number of hydrogen-bond donors (Lipinski definition) is 0. The van der Waals surface area contributed by atoms with Crippen LogP contribution < -0.4 is 0 Å². The molecular weight excluding hydrogens is 396 g/mol. The minimum absolute atomic E-state index is 0.117. The molecule has 0 radical (unpaired) electrons. The molecule has 0 bridgehead atoms. The second-order valence-corrected chi connectivity index (χ2v) is 9.67. The molecule has 9 heteroatoms. The molecule has 160 valence electrons. The van der Waals surface area contributed by atoms with Gasteiger partial charge < -0.3 is 19.1 Å². The Balaban J connectivity index is 1.48. The fourth-order valence-corrected chi connectivity index (χ4v) is 5.56. The van der Waals surface area contributed by atoms with Crippen molar-refractivity contribution in [1.29, 1.82) is 0 Å². The lowest BCUT2D eigenvalue weighted by molar-refractivity contribution is -0.0956. The van der Waals surface area contributed by atoms with Crippen LogP contribution in [0.2, 0.25) is 0 Å². The van der Waals surface area contributed by atoms with E-state index in [0.29, 0.717) is 64.1 Å². The first-order chi connectivity index (χ1) is 14.0. The summed E-state index contributed by atoms with van der Waals surface area (Å²) in [7, 11) is -3.64. The van der Waals surface area contributed by atoms with Crippen molar-refractivity contribution in [2.75, 3.05) is 52.6 Å². The largest absolute Gasteiger partial charge is 0.379 e. The number of aryl methyl sites for hydroxylation is 1. The number of carbonyl (C=O) groups is 1. The Kier molecular flexibility index (Phi) is 6.21. The van der Waals surface area contributed by atoms with E-state index < -0.39 is 10.0 Å². The van der Waals surface area contributed by atoms with E-state index in [9.17, 15) is 13.2 Å². The highest BCUT2D eigenvalue weighted by molar-refractivity contribution is 7.89. The van der Waals surface area contributed by atoms with Gasteiger partial charge in [-0.25, -0.2) is 8.42 Å². The SMILES string of the molecule is Cc1ccc(S(=O)(=O)N2CCOCC2)cc1C(=O)N1CCC(C2OCCO2)CC1. The van der Waals surface area contributed by atoms with Crippen molar-refractivity contribution in [2.45, 2.75) is 31.0 Å². The summed E-state index contributed by atoms with van der Waals surface area (Å²) in [5.41, 5.74) is 1.23. The van der Waals surface area contributed by atoms with Crippen LogP contribution in [0, 0.1) is 12.8 Å². The smallest absolute Gasteiger partial charge is 0.254 e. The average Bonchev–Trinajstić information content (AvgIpc) is 3.29. The number of rotatable bonds is 4. The van der Waals surface area contributed by atoms with E-state index in [1.165, 1.54) is 10.4 Å². The summed E-state index contributed by atoms with van der Waals surface area (Å²) < 4.78 is 43.8. The molecule has 3 saturated heterocycles. The van der Waals surface area contributed by atoms with Gasteiger partial charge in [-0.2, -0.15) is 4.31 Å². The number of ether oxygens (including phenoxy) is 3. The molecular formula is C20H28N2O6S. The third-order valence-electron chi connectivity index (χ3n) is 5.91. The number of carbonyl (C=O) groups excluding carboxylic acids is 1. The Morgan fingerprint density at radius 3 is 2.31 bits per heavy atom. The molecule has 1 aromatic rings. The van der Waals surface area contributed by atoms with Crippen LogP contribution in [0.1, 0.15) is 28.8 Å². The Hall–Kier alpha value is -1.52. The summed E-state index contributed by atoms with van der Waals surface area (Å²) >= 11 is 0. The van der Waals surface area contributed by atoms with Gasteiger partial charge >= 0.3 is 0 Å². The van der Waals surface area contributed by atoms with Gasteiger partial charge in [-0.05, 0) is 37.5 Å². The monoisotopic (exact) mass is 424 g/mol. The van der Waals surface area contributed by atoms with Crippen LogP contribution in [-0.2, 0) is 24.2 Å². The number of hydrogen-bond acceptors (Lipinski definition) is 6. The number of morpholine rings is 1. The first-order valence-corrected chi connectivity index (χ1v) is 11.6. The van der Waals surface area contributed by atoms with Crippen molar-refractivity contribution >= 4 is 15.9 Å². The molecule has 0 aliphatic carbocycles. The first kappa shape index (κ1) is 20.7. The van der Waals surface area contributed by atoms with Crippen LogP contribution in [0.15, 0.2) is 23.1 Å². The number of sulfonamides is 1. The Bertz CT molecular complexity index is 839. The standard InChI is InChI=1S/C20H28N2O6S/c1-15-2-3-17(29(24,25)22-8-10-26-11-9-22)14-18(15)19(23)21-6-4-16(5-7-21)20-27-12-13-28-20/h2-3,14,16,20H,4-13H2,1H3. The molecule has 3 fully saturated rings. The van der Waals surface area contributed by atoms with Gasteiger partial charge in [0.2, 0.25) is 10.0 Å². The van der Waals surface area contributed by atoms with Gasteiger partial charge in [-0.15, -0.1) is 0 Å². The van der Waals surface area contributed by atoms with Crippen molar-refractivity contribution in [1.82, 2.24) is 9.21 Å². The van der Waals surface area contributed by atoms with Gasteiger partial charge in [0.05, 0.1) is 31.3 Å². The summed E-state index contributed by atoms with van der Waals surface area (Å²) in [4.78, 5) is 15.1. The second-order valence-electron chi connectivity index (χ2n) is 7.73. The second kappa shape index (κ2) is 8.69. The number of benzene rings is 1. The molecule has 3 aliphatic rings. The molecule has 4 rings (SSSR count). The van der Waals surface area contributed by atoms with E-state index in [1.807, 2.05) is 6.92 Å². The summed E-state index contributed by atoms with van der Waals surface area (Å²) in [6, 6.07) is 4.82. The van der Waals surface area contributed by atoms with Gasteiger partial charge in [0.1, 0.15) is 0 Å². The Morgan fingerprint density at radius 2 is 1.66 bits per heavy atom. The predicted octanol–water partition coefficient (Wildman–Crippen LogP) is 1.24. The van der Waals surface area contributed by atoms with Gasteiger partial charge in [0.15, 0.2) is 6.29 Å². The quantitative estimate of drug-likeness (QED) is 0.723. The highest BCUT2D eigenvalue weighted by Crippen LogP contribution is 2.28. The first-order valence-electron chi connectivity index (χ1n) is 10.2. The minimum Gasteiger partial charge on any atom is -0.379 e. The number of piperidine rings is 1. The molecule has 0 N–H and O–H groups in total. The zero-order chi connectivity index (χ0) is 20.4. The van der Waals surface area contributed by atoms with Crippen molar-refractivity contribution < 1.29 is 27.4 Å². The average molecular weight is 425 g/mol. The van der Waals surface area contributed by atoms with Crippen LogP contribution in [0.3, 0.4) is 0 Å². The normalized spacial score (nSPS) is 22.9. The topological polar surface area (TPSA) is 85.4 Å². The molecule has 1 aromatic carbocycles. The lowest BCUT2D eigenvalue weighted by atomic mass is 9.95. The molecule has 0 saturated carbocycles. The maximum Gasteiger partial charge on any atom is 0.254 e. The molecule has 29 heavy (non-hydrogen) atoms. The van der Waals surface area contributed by atoms with E-state index in [1.54, 1.807) is 17.0 Å². The van der Waals surface area contributed by atoms with Gasteiger partial charge in [-0.3, -0.25) is 4.79 Å². The molecule has 0 unspecified atom stereocenters. The third-order valence-corrected chi connectivity index (χ3v) is 7.80.